The predicted molar refractivity (Wildman–Crippen MR) is 115 cm³/mol. The maximum absolute atomic E-state index is 12.3. The third-order valence-corrected chi connectivity index (χ3v) is 5.36. The van der Waals surface area contributed by atoms with Gasteiger partial charge in [0.2, 0.25) is 0 Å². The molecule has 0 spiro atoms. The van der Waals surface area contributed by atoms with Crippen molar-refractivity contribution in [3.63, 3.8) is 0 Å². The van der Waals surface area contributed by atoms with Crippen LogP contribution in [0.3, 0.4) is 0 Å². The van der Waals surface area contributed by atoms with E-state index in [-0.39, 0.29) is 4.90 Å². The van der Waals surface area contributed by atoms with E-state index in [4.69, 9.17) is 9.47 Å². The third-order valence-electron chi connectivity index (χ3n) is 4.02. The van der Waals surface area contributed by atoms with Gasteiger partial charge in [0.1, 0.15) is 12.1 Å². The fourth-order valence-corrected chi connectivity index (χ4v) is 3.38. The molecule has 2 amide bonds. The van der Waals surface area contributed by atoms with Gasteiger partial charge in [-0.05, 0) is 31.2 Å². The van der Waals surface area contributed by atoms with Crippen molar-refractivity contribution in [3.05, 3.63) is 65.0 Å². The second-order valence-electron chi connectivity index (χ2n) is 6.16. The molecule has 0 heterocycles. The van der Waals surface area contributed by atoms with Crippen molar-refractivity contribution in [3.8, 4) is 23.6 Å². The average Bonchev–Trinajstić information content (AvgIpc) is 2.78. The first-order valence-electron chi connectivity index (χ1n) is 8.95. The molecule has 0 saturated carbocycles. The Hall–Kier alpha value is -4.35. The number of aryl methyl sites for hydroxylation is 1. The molecule has 0 aliphatic rings. The van der Waals surface area contributed by atoms with Gasteiger partial charge in [-0.2, -0.15) is 10.5 Å². The van der Waals surface area contributed by atoms with Gasteiger partial charge in [0.25, 0.3) is 10.0 Å². The molecule has 0 aromatic heterocycles. The lowest BCUT2D eigenvalue weighted by atomic mass is 10.2. The summed E-state index contributed by atoms with van der Waals surface area (Å²) in [6.45, 7) is 1.78. The van der Waals surface area contributed by atoms with Gasteiger partial charge in [-0.15, -0.1) is 0 Å². The van der Waals surface area contributed by atoms with E-state index in [0.717, 1.165) is 5.56 Å². The number of nitrogens with one attached hydrogen (secondary N) is 2. The van der Waals surface area contributed by atoms with Gasteiger partial charge in [-0.25, -0.2) is 22.9 Å². The number of nitriles is 2. The number of urea groups is 1. The zero-order valence-corrected chi connectivity index (χ0v) is 18.2. The first-order valence-corrected chi connectivity index (χ1v) is 10.4. The van der Waals surface area contributed by atoms with Gasteiger partial charge in [-0.1, -0.05) is 23.8 Å². The minimum Gasteiger partial charge on any atom is -0.493 e. The summed E-state index contributed by atoms with van der Waals surface area (Å²) in [5, 5.41) is 20.7. The molecule has 0 fully saturated rings. The highest BCUT2D eigenvalue weighted by Crippen LogP contribution is 2.29. The van der Waals surface area contributed by atoms with Crippen LogP contribution in [0, 0.1) is 29.6 Å². The SMILES string of the molecule is COc1cccc(C=N/C(C#N)=C(/C#N)NC(=O)NS(=O)(=O)c2ccc(C)cc2)c1OC. The van der Waals surface area contributed by atoms with Gasteiger partial charge in [0.05, 0.1) is 19.1 Å². The van der Waals surface area contributed by atoms with Crippen LogP contribution in [0.25, 0.3) is 0 Å². The smallest absolute Gasteiger partial charge is 0.333 e. The molecule has 0 aliphatic carbocycles. The largest absolute Gasteiger partial charge is 0.493 e. The van der Waals surface area contributed by atoms with Crippen LogP contribution in [0.4, 0.5) is 4.79 Å². The summed E-state index contributed by atoms with van der Waals surface area (Å²) in [6.07, 6.45) is 1.25. The molecule has 0 aliphatic heterocycles. The molecule has 2 aromatic carbocycles. The zero-order chi connectivity index (χ0) is 23.7. The predicted octanol–water partition coefficient (Wildman–Crippen LogP) is 2.38. The standard InChI is InChI=1S/C21H19N5O5S/c1-14-7-9-16(10-8-14)32(28,29)26-21(27)25-18(12-23)17(11-22)24-13-15-5-4-6-19(30-2)20(15)31-3/h4-10,13H,1-3H3,(H2,25,26,27)/b18-17-,24-13?. The van der Waals surface area contributed by atoms with Crippen LogP contribution < -0.4 is 19.5 Å². The number of amides is 2. The van der Waals surface area contributed by atoms with E-state index in [1.54, 1.807) is 54.1 Å². The van der Waals surface area contributed by atoms with Gasteiger partial charge >= 0.3 is 6.03 Å². The second kappa shape index (κ2) is 10.6. The zero-order valence-electron chi connectivity index (χ0n) is 17.4. The van der Waals surface area contributed by atoms with Crippen molar-refractivity contribution in [2.24, 2.45) is 4.99 Å². The molecule has 10 nitrogen and oxygen atoms in total. The summed E-state index contributed by atoms with van der Waals surface area (Å²) < 4.78 is 36.9. The van der Waals surface area contributed by atoms with Crippen molar-refractivity contribution >= 4 is 22.3 Å². The molecule has 164 valence electrons. The van der Waals surface area contributed by atoms with E-state index in [2.05, 4.69) is 4.99 Å². The lowest BCUT2D eigenvalue weighted by Crippen LogP contribution is -2.39. The minimum atomic E-state index is -4.18. The number of carbonyl (C=O) groups is 1. The number of allylic oxidation sites excluding steroid dienone is 2. The number of nitrogens with zero attached hydrogens (tertiary/aromatic N) is 3. The number of sulfonamides is 1. The number of rotatable bonds is 7. The topological polar surface area (TPSA) is 154 Å². The maximum Gasteiger partial charge on any atom is 0.333 e. The highest BCUT2D eigenvalue weighted by Gasteiger charge is 2.19. The van der Waals surface area contributed by atoms with Crippen LogP contribution in [0.1, 0.15) is 11.1 Å². The van der Waals surface area contributed by atoms with Gasteiger partial charge in [0, 0.05) is 11.8 Å². The van der Waals surface area contributed by atoms with E-state index in [0.29, 0.717) is 17.1 Å². The number of para-hydroxylation sites is 1. The third kappa shape index (κ3) is 5.84. The van der Waals surface area contributed by atoms with Crippen molar-refractivity contribution in [1.82, 2.24) is 10.0 Å². The summed E-state index contributed by atoms with van der Waals surface area (Å²) in [6, 6.07) is 12.9. The van der Waals surface area contributed by atoms with Crippen LogP contribution >= 0.6 is 0 Å². The van der Waals surface area contributed by atoms with Crippen LogP contribution in [0.15, 0.2) is 63.7 Å². The average molecular weight is 453 g/mol. The van der Waals surface area contributed by atoms with Gasteiger partial charge in [0.15, 0.2) is 22.9 Å². The minimum absolute atomic E-state index is 0.135. The normalized spacial score (nSPS) is 11.7. The first kappa shape index (κ1) is 23.9. The molecule has 0 atom stereocenters. The van der Waals surface area contributed by atoms with Crippen molar-refractivity contribution in [1.29, 1.82) is 10.5 Å². The van der Waals surface area contributed by atoms with Crippen molar-refractivity contribution in [2.45, 2.75) is 11.8 Å². The molecule has 0 bridgehead atoms. The molecular formula is C21H19N5O5S. The van der Waals surface area contributed by atoms with Gasteiger partial charge < -0.3 is 9.47 Å². The van der Waals surface area contributed by atoms with E-state index in [9.17, 15) is 23.7 Å². The fourth-order valence-electron chi connectivity index (χ4n) is 2.47. The highest BCUT2D eigenvalue weighted by molar-refractivity contribution is 7.90. The Morgan fingerprint density at radius 3 is 2.31 bits per heavy atom. The van der Waals surface area contributed by atoms with Crippen LogP contribution in [-0.2, 0) is 10.0 Å². The first-order chi connectivity index (χ1) is 15.2. The van der Waals surface area contributed by atoms with Crippen molar-refractivity contribution in [2.75, 3.05) is 14.2 Å². The van der Waals surface area contributed by atoms with Crippen LogP contribution in [-0.4, -0.2) is 34.9 Å². The fraction of sp³-hybridized carbons (Fsp3) is 0.143. The lowest BCUT2D eigenvalue weighted by Gasteiger charge is -2.10. The highest BCUT2D eigenvalue weighted by atomic mass is 32.2. The van der Waals surface area contributed by atoms with E-state index >= 15 is 0 Å². The van der Waals surface area contributed by atoms with E-state index in [1.807, 2.05) is 5.32 Å². The molecule has 2 N–H and O–H groups in total. The Bertz CT molecular complexity index is 1250. The maximum atomic E-state index is 12.3. The molecule has 11 heteroatoms. The summed E-state index contributed by atoms with van der Waals surface area (Å²) in [5.41, 5.74) is 0.304. The second-order valence-corrected chi connectivity index (χ2v) is 7.84. The summed E-state index contributed by atoms with van der Waals surface area (Å²) in [4.78, 5) is 16.0. The summed E-state index contributed by atoms with van der Waals surface area (Å²) in [5.74, 6) is 0.780. The van der Waals surface area contributed by atoms with E-state index < -0.39 is 27.4 Å². The molecule has 0 radical (unpaired) electrons. The number of benzene rings is 2. The molecule has 0 unspecified atom stereocenters. The van der Waals surface area contributed by atoms with Gasteiger partial charge in [-0.3, -0.25) is 5.32 Å². The quantitative estimate of drug-likeness (QED) is 0.482. The Balaban J connectivity index is 2.27. The number of aliphatic imine (C=N–C) groups is 1. The Labute approximate surface area is 185 Å². The molecule has 0 saturated heterocycles. The number of hydrogen-bond acceptors (Lipinski definition) is 8. The van der Waals surface area contributed by atoms with Crippen LogP contribution in [0.5, 0.6) is 11.5 Å². The molecule has 2 aromatic rings. The van der Waals surface area contributed by atoms with Crippen LogP contribution in [0.2, 0.25) is 0 Å². The summed E-state index contributed by atoms with van der Waals surface area (Å²) in [7, 11) is -1.29. The Morgan fingerprint density at radius 1 is 1.06 bits per heavy atom. The molecule has 32 heavy (non-hydrogen) atoms. The Kier molecular flexibility index (Phi) is 7.93. The monoisotopic (exact) mass is 453 g/mol. The molecular weight excluding hydrogens is 434 g/mol. The van der Waals surface area contributed by atoms with Crippen molar-refractivity contribution < 1.29 is 22.7 Å². The van der Waals surface area contributed by atoms with E-state index in [1.165, 1.54) is 32.6 Å². The number of methoxy groups -OCH3 is 2. The number of ether oxygens (including phenoxy) is 2. The lowest BCUT2D eigenvalue weighted by molar-refractivity contribution is 0.248. The molecule has 2 rings (SSSR count). The Morgan fingerprint density at radius 2 is 1.75 bits per heavy atom. The summed E-state index contributed by atoms with van der Waals surface area (Å²) >= 11 is 0. The number of carbonyl (C=O) groups excluding carboxylic acids is 1. The number of hydrogen-bond donors (Lipinski definition) is 2.